The Labute approximate surface area is 195 Å². The van der Waals surface area contributed by atoms with Gasteiger partial charge in [-0.05, 0) is 54.6 Å². The minimum absolute atomic E-state index is 0.0898. The molecule has 0 radical (unpaired) electrons. The summed E-state index contributed by atoms with van der Waals surface area (Å²) in [7, 11) is -3.59. The standard InChI is InChI=1S/C24H19FN4O4S/c25-20-14-18(29-15-33-11-12-34(29,31)32)6-7-19(20)24(30)27-17-4-1-3-16(13-17)21-8-9-22-23(28-21)5-2-10-26-22/h1-10,13-14H,11-12,15H2,(H,27,30). The fourth-order valence-electron chi connectivity index (χ4n) is 3.65. The number of amides is 1. The van der Waals surface area contributed by atoms with E-state index in [1.54, 1.807) is 24.4 Å². The van der Waals surface area contributed by atoms with Crippen molar-refractivity contribution in [3.8, 4) is 11.3 Å². The van der Waals surface area contributed by atoms with Crippen molar-refractivity contribution in [2.24, 2.45) is 0 Å². The number of aromatic nitrogens is 2. The Balaban J connectivity index is 1.37. The molecule has 1 aliphatic heterocycles. The molecule has 0 saturated carbocycles. The van der Waals surface area contributed by atoms with Gasteiger partial charge in [0, 0.05) is 17.4 Å². The minimum atomic E-state index is -3.59. The van der Waals surface area contributed by atoms with Crippen LogP contribution in [-0.2, 0) is 14.8 Å². The van der Waals surface area contributed by atoms with E-state index in [4.69, 9.17) is 4.74 Å². The maximum Gasteiger partial charge on any atom is 0.258 e. The maximum atomic E-state index is 14.8. The van der Waals surface area contributed by atoms with E-state index in [0.29, 0.717) is 11.4 Å². The highest BCUT2D eigenvalue weighted by atomic mass is 32.2. The molecule has 34 heavy (non-hydrogen) atoms. The number of pyridine rings is 2. The van der Waals surface area contributed by atoms with Crippen molar-refractivity contribution in [3.63, 3.8) is 0 Å². The third-order valence-corrected chi connectivity index (χ3v) is 7.06. The molecule has 0 atom stereocenters. The van der Waals surface area contributed by atoms with Crippen molar-refractivity contribution < 1.29 is 22.3 Å². The Morgan fingerprint density at radius 3 is 2.74 bits per heavy atom. The first-order chi connectivity index (χ1) is 16.4. The molecule has 1 N–H and O–H groups in total. The molecular formula is C24H19FN4O4S. The van der Waals surface area contributed by atoms with E-state index in [1.165, 1.54) is 12.1 Å². The lowest BCUT2D eigenvalue weighted by molar-refractivity contribution is 0.102. The predicted octanol–water partition coefficient (Wildman–Crippen LogP) is 3.81. The van der Waals surface area contributed by atoms with E-state index in [9.17, 15) is 17.6 Å². The second kappa shape index (κ2) is 8.81. The number of carbonyl (C=O) groups is 1. The molecule has 1 amide bonds. The van der Waals surface area contributed by atoms with Crippen LogP contribution in [0.4, 0.5) is 15.8 Å². The van der Waals surface area contributed by atoms with Crippen LogP contribution in [0.1, 0.15) is 10.4 Å². The van der Waals surface area contributed by atoms with Gasteiger partial charge >= 0.3 is 0 Å². The second-order valence-corrected chi connectivity index (χ2v) is 9.65. The quantitative estimate of drug-likeness (QED) is 0.479. The van der Waals surface area contributed by atoms with Gasteiger partial charge < -0.3 is 10.1 Å². The number of rotatable bonds is 4. The van der Waals surface area contributed by atoms with Crippen LogP contribution in [0.5, 0.6) is 0 Å². The number of benzene rings is 2. The topological polar surface area (TPSA) is 101 Å². The lowest BCUT2D eigenvalue weighted by atomic mass is 10.1. The van der Waals surface area contributed by atoms with Gasteiger partial charge in [-0.3, -0.25) is 9.78 Å². The Kier molecular flexibility index (Phi) is 5.68. The van der Waals surface area contributed by atoms with Gasteiger partial charge in [0.1, 0.15) is 12.5 Å². The molecule has 0 unspecified atom stereocenters. The van der Waals surface area contributed by atoms with Crippen LogP contribution in [0.15, 0.2) is 72.9 Å². The van der Waals surface area contributed by atoms with Crippen molar-refractivity contribution in [3.05, 3.63) is 84.3 Å². The summed E-state index contributed by atoms with van der Waals surface area (Å²) >= 11 is 0. The molecule has 8 nitrogen and oxygen atoms in total. The zero-order valence-electron chi connectivity index (χ0n) is 17.8. The summed E-state index contributed by atoms with van der Waals surface area (Å²) < 4.78 is 45.3. The Morgan fingerprint density at radius 2 is 1.91 bits per heavy atom. The van der Waals surface area contributed by atoms with Crippen molar-refractivity contribution in [1.82, 2.24) is 9.97 Å². The van der Waals surface area contributed by atoms with Crippen LogP contribution in [0, 0.1) is 5.82 Å². The van der Waals surface area contributed by atoms with Crippen molar-refractivity contribution in [2.45, 2.75) is 0 Å². The highest BCUT2D eigenvalue weighted by molar-refractivity contribution is 7.92. The second-order valence-electron chi connectivity index (χ2n) is 7.64. The van der Waals surface area contributed by atoms with Crippen LogP contribution in [-0.4, -0.2) is 43.4 Å². The smallest absolute Gasteiger partial charge is 0.258 e. The first-order valence-corrected chi connectivity index (χ1v) is 12.0. The molecule has 0 spiro atoms. The third kappa shape index (κ3) is 4.33. The van der Waals surface area contributed by atoms with E-state index >= 15 is 0 Å². The van der Waals surface area contributed by atoms with Crippen molar-refractivity contribution in [1.29, 1.82) is 0 Å². The van der Waals surface area contributed by atoms with Crippen molar-refractivity contribution >= 4 is 38.3 Å². The zero-order valence-corrected chi connectivity index (χ0v) is 18.6. The zero-order chi connectivity index (χ0) is 23.7. The maximum absolute atomic E-state index is 14.8. The summed E-state index contributed by atoms with van der Waals surface area (Å²) in [4.78, 5) is 21.6. The molecule has 0 aliphatic carbocycles. The average molecular weight is 479 g/mol. The molecular weight excluding hydrogens is 459 g/mol. The Bertz CT molecular complexity index is 1510. The number of hydrogen-bond acceptors (Lipinski definition) is 6. The number of sulfonamides is 1. The monoisotopic (exact) mass is 478 g/mol. The molecule has 172 valence electrons. The molecule has 10 heteroatoms. The first kappa shape index (κ1) is 21.9. The van der Waals surface area contributed by atoms with E-state index < -0.39 is 21.7 Å². The largest absolute Gasteiger partial charge is 0.359 e. The number of nitrogens with zero attached hydrogens (tertiary/aromatic N) is 3. The average Bonchev–Trinajstić information content (AvgIpc) is 2.83. The number of nitrogens with one attached hydrogen (secondary N) is 1. The Hall–Kier alpha value is -3.89. The van der Waals surface area contributed by atoms with Gasteiger partial charge in [-0.15, -0.1) is 0 Å². The van der Waals surface area contributed by atoms with Gasteiger partial charge in [0.2, 0.25) is 10.0 Å². The van der Waals surface area contributed by atoms with Gasteiger partial charge in [-0.25, -0.2) is 22.1 Å². The lowest BCUT2D eigenvalue weighted by Gasteiger charge is -2.28. The summed E-state index contributed by atoms with van der Waals surface area (Å²) in [5.74, 6) is -1.68. The van der Waals surface area contributed by atoms with Gasteiger partial charge in [-0.2, -0.15) is 0 Å². The third-order valence-electron chi connectivity index (χ3n) is 5.39. The van der Waals surface area contributed by atoms with E-state index in [1.807, 2.05) is 30.3 Å². The number of halogens is 1. The molecule has 0 bridgehead atoms. The van der Waals surface area contributed by atoms with Crippen LogP contribution < -0.4 is 9.62 Å². The SMILES string of the molecule is O=C(Nc1cccc(-c2ccc3ncccc3n2)c1)c1ccc(N2COCCS2(=O)=O)cc1F. The first-order valence-electron chi connectivity index (χ1n) is 10.4. The predicted molar refractivity (Wildman–Crippen MR) is 126 cm³/mol. The number of ether oxygens (including phenoxy) is 1. The normalized spacial score (nSPS) is 15.3. The van der Waals surface area contributed by atoms with Gasteiger partial charge in [0.25, 0.3) is 5.91 Å². The fourth-order valence-corrected chi connectivity index (χ4v) is 4.87. The minimum Gasteiger partial charge on any atom is -0.359 e. The molecule has 1 saturated heterocycles. The molecule has 3 heterocycles. The molecule has 1 aliphatic rings. The molecule has 2 aromatic carbocycles. The van der Waals surface area contributed by atoms with Crippen LogP contribution in [0.25, 0.3) is 22.3 Å². The molecule has 2 aromatic heterocycles. The summed E-state index contributed by atoms with van der Waals surface area (Å²) in [6.45, 7) is -0.106. The number of carbonyl (C=O) groups excluding carboxylic acids is 1. The Morgan fingerprint density at radius 1 is 1.03 bits per heavy atom. The molecule has 4 aromatic rings. The molecule has 1 fully saturated rings. The summed E-state index contributed by atoms with van der Waals surface area (Å²) in [6, 6.07) is 18.1. The van der Waals surface area contributed by atoms with E-state index in [2.05, 4.69) is 15.3 Å². The number of hydrogen-bond donors (Lipinski definition) is 1. The van der Waals surface area contributed by atoms with Crippen LogP contribution in [0.2, 0.25) is 0 Å². The van der Waals surface area contributed by atoms with Crippen LogP contribution >= 0.6 is 0 Å². The summed E-state index contributed by atoms with van der Waals surface area (Å²) in [6.07, 6.45) is 1.70. The highest BCUT2D eigenvalue weighted by Gasteiger charge is 2.27. The van der Waals surface area contributed by atoms with Gasteiger partial charge in [-0.1, -0.05) is 12.1 Å². The van der Waals surface area contributed by atoms with Gasteiger partial charge in [0.05, 0.1) is 40.3 Å². The van der Waals surface area contributed by atoms with E-state index in [0.717, 1.165) is 27.0 Å². The number of fused-ring (bicyclic) bond motifs is 1. The number of anilines is 2. The molecule has 5 rings (SSSR count). The highest BCUT2D eigenvalue weighted by Crippen LogP contribution is 2.26. The van der Waals surface area contributed by atoms with Crippen LogP contribution in [0.3, 0.4) is 0 Å². The van der Waals surface area contributed by atoms with E-state index in [-0.39, 0.29) is 30.3 Å². The van der Waals surface area contributed by atoms with Gasteiger partial charge in [0.15, 0.2) is 0 Å². The fraction of sp³-hybridized carbons (Fsp3) is 0.125. The van der Waals surface area contributed by atoms with Crippen molar-refractivity contribution in [2.75, 3.05) is 28.7 Å². The summed E-state index contributed by atoms with van der Waals surface area (Å²) in [5, 5.41) is 2.69. The summed E-state index contributed by atoms with van der Waals surface area (Å²) in [5.41, 5.74) is 3.36. The lowest BCUT2D eigenvalue weighted by Crippen LogP contribution is -2.41.